The molecule has 0 saturated carbocycles. The van der Waals surface area contributed by atoms with Crippen LogP contribution in [0.1, 0.15) is 0 Å². The average molecular weight is 409 g/mol. The van der Waals surface area contributed by atoms with Gasteiger partial charge in [0, 0.05) is 47.8 Å². The molecule has 0 saturated heterocycles. The van der Waals surface area contributed by atoms with Crippen molar-refractivity contribution in [2.75, 3.05) is 0 Å². The lowest BCUT2D eigenvalue weighted by atomic mass is 10.0. The van der Waals surface area contributed by atoms with E-state index in [2.05, 4.69) is 98.1 Å². The Bertz CT molecular complexity index is 1680. The highest BCUT2D eigenvalue weighted by Gasteiger charge is 2.21. The molecule has 3 heterocycles. The summed E-state index contributed by atoms with van der Waals surface area (Å²) in [5.41, 5.74) is 6.25. The summed E-state index contributed by atoms with van der Waals surface area (Å²) in [6.07, 6.45) is 0. The van der Waals surface area contributed by atoms with E-state index in [1.165, 1.54) is 59.9 Å². The number of hydrogen-bond acceptors (Lipinski definition) is 0. The molecule has 27 heavy (non-hydrogen) atoms. The van der Waals surface area contributed by atoms with Crippen molar-refractivity contribution in [2.24, 2.45) is 0 Å². The molecule has 7 rings (SSSR count). The maximum Gasteiger partial charge on any atom is 0.0628 e. The number of fused-ring (bicyclic) bond motifs is 10. The normalized spacial score (nSPS) is 12.6. The number of aromatic amines is 1. The van der Waals surface area contributed by atoms with Crippen LogP contribution in [-0.2, 0) is 0 Å². The molecule has 0 aliphatic rings. The van der Waals surface area contributed by atoms with Crippen molar-refractivity contribution in [3.05, 3.63) is 77.3 Å². The molecule has 0 amide bonds. The number of benzene rings is 4. The molecule has 0 aliphatic carbocycles. The van der Waals surface area contributed by atoms with Gasteiger partial charge in [-0.2, -0.15) is 0 Å². The van der Waals surface area contributed by atoms with Gasteiger partial charge in [0.2, 0.25) is 0 Å². The third kappa shape index (κ3) is 1.58. The van der Waals surface area contributed by atoms with E-state index in [0.29, 0.717) is 0 Å². The summed E-state index contributed by atoms with van der Waals surface area (Å²) >= 11 is 3.65. The minimum atomic E-state index is 1.11. The van der Waals surface area contributed by atoms with Crippen molar-refractivity contribution in [3.63, 3.8) is 0 Å². The predicted octanol–water partition coefficient (Wildman–Crippen LogP) is 7.23. The van der Waals surface area contributed by atoms with E-state index in [0.717, 1.165) is 4.47 Å². The van der Waals surface area contributed by atoms with Gasteiger partial charge in [0.1, 0.15) is 0 Å². The van der Waals surface area contributed by atoms with Gasteiger partial charge < -0.3 is 9.38 Å². The number of nitrogens with one attached hydrogen (secondary N) is 1. The standard InChI is InChI=1S/C24H13BrN2/c25-13-9-10-18-17(11-13)22-19(26-18)12-16-14-5-1-3-7-20(14)27-21-8-4-2-6-15(21)23(22)24(16)27/h1-12,26H. The van der Waals surface area contributed by atoms with Crippen LogP contribution in [-0.4, -0.2) is 9.38 Å². The van der Waals surface area contributed by atoms with Crippen molar-refractivity contribution >= 4 is 75.8 Å². The lowest BCUT2D eigenvalue weighted by molar-refractivity contribution is 1.37. The molecule has 0 radical (unpaired) electrons. The predicted molar refractivity (Wildman–Crippen MR) is 118 cm³/mol. The Kier molecular flexibility index (Phi) is 2.41. The fourth-order valence-electron chi connectivity index (χ4n) is 4.88. The Morgan fingerprint density at radius 1 is 0.630 bits per heavy atom. The number of aromatic nitrogens is 2. The van der Waals surface area contributed by atoms with Crippen molar-refractivity contribution < 1.29 is 0 Å². The lowest BCUT2D eigenvalue weighted by Crippen LogP contribution is -1.78. The largest absolute Gasteiger partial charge is 0.354 e. The molecular formula is C24H13BrN2. The Hall–Kier alpha value is -3.04. The highest BCUT2D eigenvalue weighted by atomic mass is 79.9. The summed E-state index contributed by atoms with van der Waals surface area (Å²) in [4.78, 5) is 3.65. The van der Waals surface area contributed by atoms with Crippen LogP contribution in [0.25, 0.3) is 59.9 Å². The highest BCUT2D eigenvalue weighted by molar-refractivity contribution is 9.10. The summed E-state index contributed by atoms with van der Waals surface area (Å²) in [5, 5.41) is 7.87. The van der Waals surface area contributed by atoms with Crippen LogP contribution in [0.3, 0.4) is 0 Å². The van der Waals surface area contributed by atoms with E-state index in [1.54, 1.807) is 0 Å². The zero-order valence-electron chi connectivity index (χ0n) is 14.3. The zero-order valence-corrected chi connectivity index (χ0v) is 15.8. The van der Waals surface area contributed by atoms with Crippen LogP contribution < -0.4 is 0 Å². The fraction of sp³-hybridized carbons (Fsp3) is 0. The molecule has 0 atom stereocenters. The number of H-pyrrole nitrogens is 1. The van der Waals surface area contributed by atoms with Gasteiger partial charge in [-0.1, -0.05) is 52.3 Å². The van der Waals surface area contributed by atoms with Crippen molar-refractivity contribution in [3.8, 4) is 0 Å². The SMILES string of the molecule is Brc1ccc2[nH]c3cc4c5ccccc5n5c6ccccc6c(c3c2c1)c45. The van der Waals surface area contributed by atoms with Crippen LogP contribution in [0.4, 0.5) is 0 Å². The molecule has 0 fully saturated rings. The van der Waals surface area contributed by atoms with Crippen LogP contribution in [0.15, 0.2) is 77.3 Å². The summed E-state index contributed by atoms with van der Waals surface area (Å²) in [5.74, 6) is 0. The molecule has 126 valence electrons. The van der Waals surface area contributed by atoms with Crippen molar-refractivity contribution in [1.29, 1.82) is 0 Å². The quantitative estimate of drug-likeness (QED) is 0.273. The van der Waals surface area contributed by atoms with Crippen molar-refractivity contribution in [1.82, 2.24) is 9.38 Å². The molecule has 0 spiro atoms. The minimum Gasteiger partial charge on any atom is -0.354 e. The highest BCUT2D eigenvalue weighted by Crippen LogP contribution is 2.44. The van der Waals surface area contributed by atoms with E-state index in [9.17, 15) is 0 Å². The molecule has 4 aromatic carbocycles. The second-order valence-corrected chi connectivity index (χ2v) is 8.17. The van der Waals surface area contributed by atoms with Crippen LogP contribution >= 0.6 is 15.9 Å². The van der Waals surface area contributed by atoms with Crippen LogP contribution in [0.2, 0.25) is 0 Å². The number of para-hydroxylation sites is 2. The van der Waals surface area contributed by atoms with E-state index in [-0.39, 0.29) is 0 Å². The molecule has 1 N–H and O–H groups in total. The topological polar surface area (TPSA) is 20.2 Å². The van der Waals surface area contributed by atoms with E-state index in [1.807, 2.05) is 0 Å². The number of nitrogens with zero attached hydrogens (tertiary/aromatic N) is 1. The maximum absolute atomic E-state index is 3.65. The fourth-order valence-corrected chi connectivity index (χ4v) is 5.24. The average Bonchev–Trinajstić information content (AvgIpc) is 3.33. The van der Waals surface area contributed by atoms with Gasteiger partial charge in [-0.05, 0) is 36.4 Å². The lowest BCUT2D eigenvalue weighted by Gasteiger charge is -1.99. The second-order valence-electron chi connectivity index (χ2n) is 7.25. The van der Waals surface area contributed by atoms with E-state index in [4.69, 9.17) is 0 Å². The first kappa shape index (κ1) is 14.1. The Balaban J connectivity index is 1.95. The van der Waals surface area contributed by atoms with Gasteiger partial charge in [-0.15, -0.1) is 0 Å². The molecule has 0 unspecified atom stereocenters. The minimum absolute atomic E-state index is 1.11. The van der Waals surface area contributed by atoms with Gasteiger partial charge in [0.05, 0.1) is 16.6 Å². The third-order valence-electron chi connectivity index (χ3n) is 5.89. The van der Waals surface area contributed by atoms with Crippen molar-refractivity contribution in [2.45, 2.75) is 0 Å². The first-order valence-corrected chi connectivity index (χ1v) is 9.87. The number of halogens is 1. The molecule has 0 bridgehead atoms. The van der Waals surface area contributed by atoms with Gasteiger partial charge >= 0.3 is 0 Å². The Morgan fingerprint density at radius 2 is 1.37 bits per heavy atom. The van der Waals surface area contributed by atoms with Gasteiger partial charge in [0.15, 0.2) is 0 Å². The number of hydrogen-bond donors (Lipinski definition) is 1. The monoisotopic (exact) mass is 408 g/mol. The van der Waals surface area contributed by atoms with Crippen LogP contribution in [0, 0.1) is 0 Å². The summed E-state index contributed by atoms with van der Waals surface area (Å²) in [7, 11) is 0. The first-order chi connectivity index (χ1) is 13.3. The maximum atomic E-state index is 3.65. The van der Waals surface area contributed by atoms with E-state index >= 15 is 0 Å². The molecule has 7 aromatic rings. The van der Waals surface area contributed by atoms with E-state index < -0.39 is 0 Å². The van der Waals surface area contributed by atoms with Gasteiger partial charge in [-0.25, -0.2) is 0 Å². The third-order valence-corrected chi connectivity index (χ3v) is 6.39. The van der Waals surface area contributed by atoms with Gasteiger partial charge in [-0.3, -0.25) is 0 Å². The first-order valence-electron chi connectivity index (χ1n) is 9.08. The molecule has 0 aliphatic heterocycles. The molecule has 3 heteroatoms. The number of rotatable bonds is 0. The summed E-state index contributed by atoms with van der Waals surface area (Å²) in [6, 6.07) is 26.3. The Labute approximate surface area is 162 Å². The Morgan fingerprint density at radius 3 is 2.22 bits per heavy atom. The van der Waals surface area contributed by atoms with Crippen LogP contribution in [0.5, 0.6) is 0 Å². The second kappa shape index (κ2) is 4.62. The molecular weight excluding hydrogens is 396 g/mol. The zero-order chi connectivity index (χ0) is 17.7. The molecule has 3 aromatic heterocycles. The molecule has 2 nitrogen and oxygen atoms in total. The van der Waals surface area contributed by atoms with Gasteiger partial charge in [0.25, 0.3) is 0 Å². The summed E-state index contributed by atoms with van der Waals surface area (Å²) in [6.45, 7) is 0. The smallest absolute Gasteiger partial charge is 0.0628 e. The summed E-state index contributed by atoms with van der Waals surface area (Å²) < 4.78 is 3.54.